The smallest absolute Gasteiger partial charge is 0.319 e. The minimum Gasteiger partial charge on any atom is -0.332 e. The molecule has 0 unspecified atom stereocenters. The van der Waals surface area contributed by atoms with Crippen LogP contribution in [-0.2, 0) is 4.79 Å². The second-order valence-electron chi connectivity index (χ2n) is 5.97. The molecular weight excluding hydrogens is 290 g/mol. The SMILES string of the molecule is CC(=O)N(C)c1cccc(NC(=O)N[C@@H](C)C2=CCCCC2)c1. The average Bonchev–Trinajstić information content (AvgIpc) is 2.55. The summed E-state index contributed by atoms with van der Waals surface area (Å²) in [7, 11) is 1.71. The van der Waals surface area contributed by atoms with Crippen LogP contribution in [0.5, 0.6) is 0 Å². The maximum absolute atomic E-state index is 12.2. The van der Waals surface area contributed by atoms with Crippen molar-refractivity contribution in [2.24, 2.45) is 0 Å². The van der Waals surface area contributed by atoms with Crippen molar-refractivity contribution in [2.45, 2.75) is 45.6 Å². The van der Waals surface area contributed by atoms with Gasteiger partial charge in [-0.3, -0.25) is 4.79 Å². The first kappa shape index (κ1) is 17.1. The third kappa shape index (κ3) is 4.84. The number of rotatable bonds is 4. The number of allylic oxidation sites excluding steroid dienone is 1. The summed E-state index contributed by atoms with van der Waals surface area (Å²) >= 11 is 0. The minimum absolute atomic E-state index is 0.0402. The highest BCUT2D eigenvalue weighted by molar-refractivity contribution is 5.93. The van der Waals surface area contributed by atoms with Crippen LogP contribution in [0.25, 0.3) is 0 Å². The number of hydrogen-bond donors (Lipinski definition) is 2. The lowest BCUT2D eigenvalue weighted by atomic mass is 9.95. The molecule has 23 heavy (non-hydrogen) atoms. The standard InChI is InChI=1S/C18H25N3O2/c1-13(15-8-5-4-6-9-15)19-18(23)20-16-10-7-11-17(12-16)21(3)14(2)22/h7-8,10-13H,4-6,9H2,1-3H3,(H2,19,20,23)/t13-/m0/s1. The highest BCUT2D eigenvalue weighted by Crippen LogP contribution is 2.21. The molecular formula is C18H25N3O2. The van der Waals surface area contributed by atoms with Crippen LogP contribution in [0.1, 0.15) is 39.5 Å². The first-order chi connectivity index (χ1) is 11.0. The molecule has 0 aromatic heterocycles. The van der Waals surface area contributed by atoms with Crippen LogP contribution in [0.15, 0.2) is 35.9 Å². The predicted octanol–water partition coefficient (Wildman–Crippen LogP) is 3.68. The van der Waals surface area contributed by atoms with Gasteiger partial charge in [-0.2, -0.15) is 0 Å². The number of urea groups is 1. The van der Waals surface area contributed by atoms with E-state index in [1.807, 2.05) is 25.1 Å². The van der Waals surface area contributed by atoms with Gasteiger partial charge in [0.2, 0.25) is 5.91 Å². The van der Waals surface area contributed by atoms with Gasteiger partial charge in [0.05, 0.1) is 0 Å². The largest absolute Gasteiger partial charge is 0.332 e. The second kappa shape index (κ2) is 7.81. The summed E-state index contributed by atoms with van der Waals surface area (Å²) in [6.07, 6.45) is 6.82. The highest BCUT2D eigenvalue weighted by Gasteiger charge is 2.14. The van der Waals surface area contributed by atoms with Gasteiger partial charge in [0.25, 0.3) is 0 Å². The summed E-state index contributed by atoms with van der Waals surface area (Å²) in [5.74, 6) is -0.0514. The fourth-order valence-corrected chi connectivity index (χ4v) is 2.69. The molecule has 1 aliphatic carbocycles. The Morgan fingerprint density at radius 2 is 2.04 bits per heavy atom. The number of nitrogens with zero attached hydrogens (tertiary/aromatic N) is 1. The number of anilines is 2. The zero-order chi connectivity index (χ0) is 16.8. The van der Waals surface area contributed by atoms with Crippen LogP contribution in [0, 0.1) is 0 Å². The molecule has 0 aliphatic heterocycles. The normalized spacial score (nSPS) is 15.3. The number of hydrogen-bond acceptors (Lipinski definition) is 2. The Hall–Kier alpha value is -2.30. The van der Waals surface area contributed by atoms with E-state index in [1.54, 1.807) is 18.0 Å². The van der Waals surface area contributed by atoms with Gasteiger partial charge in [-0.05, 0) is 50.8 Å². The summed E-state index contributed by atoms with van der Waals surface area (Å²) in [4.78, 5) is 25.1. The Morgan fingerprint density at radius 1 is 1.26 bits per heavy atom. The number of benzene rings is 1. The molecule has 5 heteroatoms. The van der Waals surface area contributed by atoms with E-state index < -0.39 is 0 Å². The van der Waals surface area contributed by atoms with E-state index in [0.717, 1.165) is 18.5 Å². The molecule has 0 heterocycles. The Morgan fingerprint density at radius 3 is 2.70 bits per heavy atom. The van der Waals surface area contributed by atoms with E-state index in [1.165, 1.54) is 25.3 Å². The summed E-state index contributed by atoms with van der Waals surface area (Å²) < 4.78 is 0. The van der Waals surface area contributed by atoms with E-state index >= 15 is 0 Å². The Bertz CT molecular complexity index is 610. The van der Waals surface area contributed by atoms with Gasteiger partial charge in [0.1, 0.15) is 0 Å². The molecule has 0 bridgehead atoms. The van der Waals surface area contributed by atoms with Gasteiger partial charge in [-0.15, -0.1) is 0 Å². The maximum atomic E-state index is 12.2. The van der Waals surface area contributed by atoms with E-state index in [9.17, 15) is 9.59 Å². The zero-order valence-corrected chi connectivity index (χ0v) is 14.1. The number of amides is 3. The van der Waals surface area contributed by atoms with Crippen LogP contribution < -0.4 is 15.5 Å². The van der Waals surface area contributed by atoms with Crippen molar-refractivity contribution in [2.75, 3.05) is 17.3 Å². The van der Waals surface area contributed by atoms with E-state index in [2.05, 4.69) is 16.7 Å². The first-order valence-corrected chi connectivity index (χ1v) is 8.08. The van der Waals surface area contributed by atoms with Crippen molar-refractivity contribution in [1.29, 1.82) is 0 Å². The third-order valence-electron chi connectivity index (χ3n) is 4.19. The molecule has 0 saturated heterocycles. The maximum Gasteiger partial charge on any atom is 0.319 e. The molecule has 1 aliphatic rings. The molecule has 5 nitrogen and oxygen atoms in total. The first-order valence-electron chi connectivity index (χ1n) is 8.08. The van der Waals surface area contributed by atoms with Crippen LogP contribution in [0.3, 0.4) is 0 Å². The lowest BCUT2D eigenvalue weighted by Gasteiger charge is -2.21. The van der Waals surface area contributed by atoms with Crippen LogP contribution in [0.2, 0.25) is 0 Å². The number of carbonyl (C=O) groups excluding carboxylic acids is 2. The molecule has 0 saturated carbocycles. The minimum atomic E-state index is -0.230. The molecule has 124 valence electrons. The molecule has 1 aromatic carbocycles. The van der Waals surface area contributed by atoms with Crippen molar-refractivity contribution >= 4 is 23.3 Å². The quantitative estimate of drug-likeness (QED) is 0.833. The van der Waals surface area contributed by atoms with Gasteiger partial charge in [-0.25, -0.2) is 4.79 Å². The number of nitrogens with one attached hydrogen (secondary N) is 2. The molecule has 2 rings (SSSR count). The van der Waals surface area contributed by atoms with Crippen molar-refractivity contribution in [3.8, 4) is 0 Å². The molecule has 2 N–H and O–H groups in total. The van der Waals surface area contributed by atoms with E-state index in [-0.39, 0.29) is 18.0 Å². The predicted molar refractivity (Wildman–Crippen MR) is 93.7 cm³/mol. The molecule has 0 spiro atoms. The summed E-state index contributed by atoms with van der Waals surface area (Å²) in [6, 6.07) is 7.05. The van der Waals surface area contributed by atoms with Crippen LogP contribution >= 0.6 is 0 Å². The molecule has 0 fully saturated rings. The molecule has 3 amide bonds. The average molecular weight is 315 g/mol. The zero-order valence-electron chi connectivity index (χ0n) is 14.1. The van der Waals surface area contributed by atoms with E-state index in [0.29, 0.717) is 5.69 Å². The highest BCUT2D eigenvalue weighted by atomic mass is 16.2. The molecule has 1 atom stereocenters. The Labute approximate surface area is 137 Å². The van der Waals surface area contributed by atoms with Gasteiger partial charge in [-0.1, -0.05) is 17.7 Å². The Balaban J connectivity index is 1.96. The van der Waals surface area contributed by atoms with E-state index in [4.69, 9.17) is 0 Å². The fourth-order valence-electron chi connectivity index (χ4n) is 2.69. The lowest BCUT2D eigenvalue weighted by molar-refractivity contribution is -0.116. The van der Waals surface area contributed by atoms with Crippen molar-refractivity contribution < 1.29 is 9.59 Å². The third-order valence-corrected chi connectivity index (χ3v) is 4.19. The van der Waals surface area contributed by atoms with Crippen molar-refractivity contribution in [1.82, 2.24) is 5.32 Å². The summed E-state index contributed by atoms with van der Waals surface area (Å²) in [6.45, 7) is 3.52. The van der Waals surface area contributed by atoms with Crippen molar-refractivity contribution in [3.05, 3.63) is 35.9 Å². The van der Waals surface area contributed by atoms with Gasteiger partial charge >= 0.3 is 6.03 Å². The lowest BCUT2D eigenvalue weighted by Crippen LogP contribution is -2.37. The Kier molecular flexibility index (Phi) is 5.79. The topological polar surface area (TPSA) is 61.4 Å². The molecule has 1 aromatic rings. The van der Waals surface area contributed by atoms with Gasteiger partial charge in [0, 0.05) is 31.4 Å². The summed E-state index contributed by atoms with van der Waals surface area (Å²) in [5.41, 5.74) is 2.72. The monoisotopic (exact) mass is 315 g/mol. The van der Waals surface area contributed by atoms with Crippen LogP contribution in [-0.4, -0.2) is 25.0 Å². The van der Waals surface area contributed by atoms with Gasteiger partial charge < -0.3 is 15.5 Å². The summed E-state index contributed by atoms with van der Waals surface area (Å²) in [5, 5.41) is 5.80. The van der Waals surface area contributed by atoms with Gasteiger partial charge in [0.15, 0.2) is 0 Å². The fraction of sp³-hybridized carbons (Fsp3) is 0.444. The van der Waals surface area contributed by atoms with Crippen molar-refractivity contribution in [3.63, 3.8) is 0 Å². The molecule has 0 radical (unpaired) electrons. The second-order valence-corrected chi connectivity index (χ2v) is 5.97. The number of carbonyl (C=O) groups is 2. The van der Waals surface area contributed by atoms with Crippen LogP contribution in [0.4, 0.5) is 16.2 Å².